The van der Waals surface area contributed by atoms with Gasteiger partial charge in [-0.15, -0.1) is 11.8 Å². The normalized spacial score (nSPS) is 14.5. The Labute approximate surface area is 176 Å². The summed E-state index contributed by atoms with van der Waals surface area (Å²) in [6, 6.07) is 21.1. The van der Waals surface area contributed by atoms with Gasteiger partial charge in [-0.25, -0.2) is 0 Å². The number of phenolic OH excluding ortho intramolecular Hbond substituents is 2. The van der Waals surface area contributed by atoms with Gasteiger partial charge in [-0.2, -0.15) is 0 Å². The van der Waals surface area contributed by atoms with Crippen molar-refractivity contribution in [2.45, 2.75) is 42.2 Å². The number of aromatic hydroxyl groups is 2. The van der Waals surface area contributed by atoms with Crippen LogP contribution in [-0.2, 0) is 0 Å². The predicted octanol–water partition coefficient (Wildman–Crippen LogP) is 7.01. The van der Waals surface area contributed by atoms with Gasteiger partial charge in [0, 0.05) is 28.4 Å². The molecule has 0 heterocycles. The highest BCUT2D eigenvalue weighted by atomic mass is 32.2. The molecule has 0 atom stereocenters. The minimum absolute atomic E-state index is 0.146. The molecule has 0 radical (unpaired) electrons. The Hall–Kier alpha value is -2.79. The highest BCUT2D eigenvalue weighted by Gasteiger charge is 2.18. The topological polar surface area (TPSA) is 64.5 Å². The maximum Gasteiger partial charge on any atom is 0.140 e. The summed E-state index contributed by atoms with van der Waals surface area (Å²) < 4.78 is 0. The van der Waals surface area contributed by atoms with Gasteiger partial charge in [0.2, 0.25) is 0 Å². The summed E-state index contributed by atoms with van der Waals surface area (Å²) in [6.07, 6.45) is 6.15. The molecule has 4 rings (SSSR count). The minimum Gasteiger partial charge on any atom is -0.507 e. The monoisotopic (exact) mass is 406 g/mol. The van der Waals surface area contributed by atoms with Crippen LogP contribution >= 0.6 is 11.8 Å². The van der Waals surface area contributed by atoms with Crippen molar-refractivity contribution in [2.24, 2.45) is 0 Å². The molecule has 150 valence electrons. The van der Waals surface area contributed by atoms with Gasteiger partial charge in [0.25, 0.3) is 0 Å². The van der Waals surface area contributed by atoms with Crippen molar-refractivity contribution < 1.29 is 10.2 Å². The number of phenols is 2. The van der Waals surface area contributed by atoms with E-state index in [1.165, 1.54) is 32.1 Å². The minimum atomic E-state index is 0.146. The molecule has 0 saturated heterocycles. The van der Waals surface area contributed by atoms with Crippen LogP contribution in [0.25, 0.3) is 0 Å². The second-order valence-electron chi connectivity index (χ2n) is 7.41. The standard InChI is InChI=1S/C24H26N2O2S/c27-22-16-24(29-20-9-5-2-6-10-20)23(28)15-21(22)26-19-13-11-18(12-14-19)25-17-7-3-1-4-8-17/h1,3-4,7-8,11-16,20,25-28H,2,5-6,9-10H2. The number of nitrogens with one attached hydrogen (secondary N) is 2. The second kappa shape index (κ2) is 9.14. The molecule has 4 N–H and O–H groups in total. The predicted molar refractivity (Wildman–Crippen MR) is 122 cm³/mol. The van der Waals surface area contributed by atoms with E-state index in [2.05, 4.69) is 10.6 Å². The number of hydrogen-bond donors (Lipinski definition) is 4. The van der Waals surface area contributed by atoms with Crippen LogP contribution in [-0.4, -0.2) is 15.5 Å². The zero-order valence-corrected chi connectivity index (χ0v) is 17.1. The van der Waals surface area contributed by atoms with Crippen LogP contribution in [0.15, 0.2) is 71.6 Å². The van der Waals surface area contributed by atoms with Crippen molar-refractivity contribution in [3.63, 3.8) is 0 Å². The van der Waals surface area contributed by atoms with Gasteiger partial charge in [0.15, 0.2) is 0 Å². The molecule has 1 saturated carbocycles. The van der Waals surface area contributed by atoms with Crippen LogP contribution in [0.2, 0.25) is 0 Å². The lowest BCUT2D eigenvalue weighted by atomic mass is 10.0. The lowest BCUT2D eigenvalue weighted by Crippen LogP contribution is -2.07. The molecular weight excluding hydrogens is 380 g/mol. The van der Waals surface area contributed by atoms with Crippen molar-refractivity contribution in [3.8, 4) is 11.5 Å². The summed E-state index contributed by atoms with van der Waals surface area (Å²) in [5.74, 6) is 0.357. The van der Waals surface area contributed by atoms with Gasteiger partial charge in [0.05, 0.1) is 10.6 Å². The van der Waals surface area contributed by atoms with E-state index in [0.29, 0.717) is 10.9 Å². The summed E-state index contributed by atoms with van der Waals surface area (Å²) >= 11 is 1.68. The molecule has 0 amide bonds. The molecule has 0 bridgehead atoms. The van der Waals surface area contributed by atoms with Crippen LogP contribution in [0.4, 0.5) is 22.7 Å². The molecule has 5 heteroatoms. The van der Waals surface area contributed by atoms with Gasteiger partial charge >= 0.3 is 0 Å². The fourth-order valence-electron chi connectivity index (χ4n) is 3.60. The van der Waals surface area contributed by atoms with Crippen molar-refractivity contribution in [1.29, 1.82) is 0 Å². The van der Waals surface area contributed by atoms with Gasteiger partial charge in [-0.1, -0.05) is 37.5 Å². The van der Waals surface area contributed by atoms with E-state index in [1.54, 1.807) is 23.9 Å². The molecule has 1 aliphatic carbocycles. The summed E-state index contributed by atoms with van der Waals surface area (Å²) in [5, 5.41) is 28.0. The number of rotatable bonds is 6. The fourth-order valence-corrected chi connectivity index (χ4v) is 4.88. The first kappa shape index (κ1) is 19.5. The number of thioether (sulfide) groups is 1. The van der Waals surface area contributed by atoms with Crippen LogP contribution in [0.1, 0.15) is 32.1 Å². The number of benzene rings is 3. The van der Waals surface area contributed by atoms with Crippen LogP contribution in [0.3, 0.4) is 0 Å². The van der Waals surface area contributed by atoms with E-state index in [1.807, 2.05) is 54.6 Å². The number of hydrogen-bond acceptors (Lipinski definition) is 5. The molecular formula is C24H26N2O2S. The first-order valence-electron chi connectivity index (χ1n) is 10.1. The van der Waals surface area contributed by atoms with Crippen LogP contribution in [0.5, 0.6) is 11.5 Å². The lowest BCUT2D eigenvalue weighted by molar-refractivity contribution is 0.449. The molecule has 3 aromatic rings. The van der Waals surface area contributed by atoms with E-state index in [0.717, 1.165) is 22.0 Å². The summed E-state index contributed by atoms with van der Waals surface area (Å²) in [4.78, 5) is 0.752. The Kier molecular flexibility index (Phi) is 6.15. The summed E-state index contributed by atoms with van der Waals surface area (Å²) in [6.45, 7) is 0. The molecule has 0 spiro atoms. The molecule has 0 unspecified atom stereocenters. The molecule has 4 nitrogen and oxygen atoms in total. The Bertz CT molecular complexity index is 939. The van der Waals surface area contributed by atoms with E-state index in [9.17, 15) is 10.2 Å². The van der Waals surface area contributed by atoms with E-state index in [-0.39, 0.29) is 11.5 Å². The van der Waals surface area contributed by atoms with Gasteiger partial charge < -0.3 is 20.8 Å². The summed E-state index contributed by atoms with van der Waals surface area (Å²) in [5.41, 5.74) is 3.35. The molecule has 1 aliphatic rings. The molecule has 0 aromatic heterocycles. The first-order chi connectivity index (χ1) is 14.2. The van der Waals surface area contributed by atoms with Crippen molar-refractivity contribution in [2.75, 3.05) is 10.6 Å². The smallest absolute Gasteiger partial charge is 0.140 e. The zero-order chi connectivity index (χ0) is 20.1. The first-order valence-corrected chi connectivity index (χ1v) is 11.0. The number of anilines is 4. The van der Waals surface area contributed by atoms with Crippen molar-refractivity contribution in [3.05, 3.63) is 66.7 Å². The third-order valence-corrected chi connectivity index (χ3v) is 6.54. The Morgan fingerprint density at radius 2 is 1.31 bits per heavy atom. The highest BCUT2D eigenvalue weighted by Crippen LogP contribution is 2.42. The van der Waals surface area contributed by atoms with Crippen LogP contribution < -0.4 is 10.6 Å². The van der Waals surface area contributed by atoms with Gasteiger partial charge in [-0.3, -0.25) is 0 Å². The lowest BCUT2D eigenvalue weighted by Gasteiger charge is -2.21. The second-order valence-corrected chi connectivity index (χ2v) is 8.75. The summed E-state index contributed by atoms with van der Waals surface area (Å²) in [7, 11) is 0. The SMILES string of the molecule is Oc1cc(SC2CCCCC2)c(O)cc1Nc1ccc(Nc2ccccc2)cc1. The molecule has 3 aromatic carbocycles. The molecule has 1 fully saturated rings. The molecule has 0 aliphatic heterocycles. The van der Waals surface area contributed by atoms with E-state index >= 15 is 0 Å². The Morgan fingerprint density at radius 3 is 2.00 bits per heavy atom. The van der Waals surface area contributed by atoms with Crippen molar-refractivity contribution in [1.82, 2.24) is 0 Å². The largest absolute Gasteiger partial charge is 0.507 e. The Balaban J connectivity index is 1.42. The maximum absolute atomic E-state index is 10.5. The van der Waals surface area contributed by atoms with Crippen molar-refractivity contribution >= 4 is 34.5 Å². The number of para-hydroxylation sites is 1. The Morgan fingerprint density at radius 1 is 0.690 bits per heavy atom. The van der Waals surface area contributed by atoms with Crippen LogP contribution in [0, 0.1) is 0 Å². The van der Waals surface area contributed by atoms with E-state index < -0.39 is 0 Å². The van der Waals surface area contributed by atoms with E-state index in [4.69, 9.17) is 0 Å². The highest BCUT2D eigenvalue weighted by molar-refractivity contribution is 8.00. The average Bonchev–Trinajstić information content (AvgIpc) is 2.74. The molecule has 29 heavy (non-hydrogen) atoms. The van der Waals surface area contributed by atoms with Gasteiger partial charge in [0.1, 0.15) is 11.5 Å². The maximum atomic E-state index is 10.5. The quantitative estimate of drug-likeness (QED) is 0.262. The third kappa shape index (κ3) is 5.18. The fraction of sp³-hybridized carbons (Fsp3) is 0.250. The average molecular weight is 407 g/mol. The zero-order valence-electron chi connectivity index (χ0n) is 16.3. The third-order valence-electron chi connectivity index (χ3n) is 5.15. The van der Waals surface area contributed by atoms with Gasteiger partial charge in [-0.05, 0) is 55.3 Å².